The van der Waals surface area contributed by atoms with Crippen molar-refractivity contribution in [2.45, 2.75) is 31.8 Å². The van der Waals surface area contributed by atoms with Crippen molar-refractivity contribution in [1.82, 2.24) is 0 Å². The summed E-state index contributed by atoms with van der Waals surface area (Å²) in [6, 6.07) is 0. The van der Waals surface area contributed by atoms with Crippen molar-refractivity contribution in [3.8, 4) is 0 Å². The average Bonchev–Trinajstić information content (AvgIpc) is 2.24. The zero-order chi connectivity index (χ0) is 10.3. The first-order chi connectivity index (χ1) is 6.77. The van der Waals surface area contributed by atoms with Gasteiger partial charge in [-0.1, -0.05) is 22.6 Å². The molecule has 1 heterocycles. The van der Waals surface area contributed by atoms with Gasteiger partial charge in [0.1, 0.15) is 5.60 Å². The third kappa shape index (κ3) is 4.88. The van der Waals surface area contributed by atoms with E-state index < -0.39 is 0 Å². The fraction of sp³-hybridized carbons (Fsp3) is 1.00. The van der Waals surface area contributed by atoms with Crippen molar-refractivity contribution in [3.63, 3.8) is 0 Å². The first-order valence-electron chi connectivity index (χ1n) is 4.88. The molecule has 5 heteroatoms. The van der Waals surface area contributed by atoms with Crippen LogP contribution in [0, 0.1) is 0 Å². The van der Waals surface area contributed by atoms with Gasteiger partial charge in [-0.2, -0.15) is 0 Å². The molecule has 0 amide bonds. The second-order valence-electron chi connectivity index (χ2n) is 3.59. The fourth-order valence-electron chi connectivity index (χ4n) is 1.01. The molecule has 0 aromatic rings. The molecule has 1 fully saturated rings. The molecule has 4 nitrogen and oxygen atoms in total. The van der Waals surface area contributed by atoms with E-state index in [0.29, 0.717) is 19.8 Å². The smallest absolute Gasteiger partial charge is 0.112 e. The van der Waals surface area contributed by atoms with Gasteiger partial charge in [0.25, 0.3) is 0 Å². The van der Waals surface area contributed by atoms with Crippen LogP contribution in [-0.2, 0) is 19.6 Å². The van der Waals surface area contributed by atoms with E-state index in [1.54, 1.807) is 0 Å². The zero-order valence-electron chi connectivity index (χ0n) is 8.46. The van der Waals surface area contributed by atoms with Crippen LogP contribution in [0.5, 0.6) is 0 Å². The summed E-state index contributed by atoms with van der Waals surface area (Å²) in [5.41, 5.74) is -0.270. The van der Waals surface area contributed by atoms with Gasteiger partial charge in [0.2, 0.25) is 0 Å². The highest BCUT2D eigenvalue weighted by Crippen LogP contribution is 2.20. The van der Waals surface area contributed by atoms with Gasteiger partial charge in [-0.3, -0.25) is 0 Å². The number of rotatable bonds is 1. The predicted molar refractivity (Wildman–Crippen MR) is 60.1 cm³/mol. The first-order valence-corrected chi connectivity index (χ1v) is 6.40. The highest BCUT2D eigenvalue weighted by Gasteiger charge is 2.25. The Morgan fingerprint density at radius 3 is 2.43 bits per heavy atom. The Kier molecular flexibility index (Phi) is 6.27. The van der Waals surface area contributed by atoms with Crippen LogP contribution in [0.4, 0.5) is 0 Å². The fourth-order valence-corrected chi connectivity index (χ4v) is 1.52. The van der Waals surface area contributed by atoms with E-state index in [4.69, 9.17) is 19.6 Å². The molecule has 1 atom stereocenters. The normalized spacial score (nSPS) is 32.1. The molecule has 0 N–H and O–H groups in total. The minimum absolute atomic E-state index is 0.270. The van der Waals surface area contributed by atoms with Crippen LogP contribution in [0.1, 0.15) is 26.2 Å². The highest BCUT2D eigenvalue weighted by atomic mass is 127. The minimum atomic E-state index is -0.270. The van der Waals surface area contributed by atoms with Gasteiger partial charge in [0, 0.05) is 10.8 Å². The quantitative estimate of drug-likeness (QED) is 0.422. The average molecular weight is 316 g/mol. The molecular formula is C9H17IO4. The topological polar surface area (TPSA) is 36.9 Å². The van der Waals surface area contributed by atoms with Crippen LogP contribution in [0.3, 0.4) is 0 Å². The minimum Gasteiger partial charge on any atom is -0.237 e. The van der Waals surface area contributed by atoms with E-state index in [2.05, 4.69) is 22.6 Å². The lowest BCUT2D eigenvalue weighted by atomic mass is 10.1. The second kappa shape index (κ2) is 6.95. The van der Waals surface area contributed by atoms with Crippen molar-refractivity contribution in [2.24, 2.45) is 0 Å². The Morgan fingerprint density at radius 2 is 1.71 bits per heavy atom. The molecule has 14 heavy (non-hydrogen) atoms. The molecule has 0 radical (unpaired) electrons. The monoisotopic (exact) mass is 316 g/mol. The van der Waals surface area contributed by atoms with E-state index >= 15 is 0 Å². The van der Waals surface area contributed by atoms with E-state index in [9.17, 15) is 0 Å². The Labute approximate surface area is 98.2 Å². The number of hydrogen-bond donors (Lipinski definition) is 0. The van der Waals surface area contributed by atoms with Crippen molar-refractivity contribution in [3.05, 3.63) is 0 Å². The van der Waals surface area contributed by atoms with Crippen molar-refractivity contribution in [2.75, 3.05) is 24.2 Å². The lowest BCUT2D eigenvalue weighted by Gasteiger charge is -2.25. The molecule has 1 rings (SSSR count). The van der Waals surface area contributed by atoms with Crippen molar-refractivity contribution < 1.29 is 19.6 Å². The van der Waals surface area contributed by atoms with Crippen LogP contribution in [0.25, 0.3) is 0 Å². The molecule has 1 unspecified atom stereocenters. The summed E-state index contributed by atoms with van der Waals surface area (Å²) in [5.74, 6) is 0. The van der Waals surface area contributed by atoms with Gasteiger partial charge >= 0.3 is 0 Å². The molecule has 0 aromatic heterocycles. The summed E-state index contributed by atoms with van der Waals surface area (Å²) in [5, 5.41) is 0. The zero-order valence-corrected chi connectivity index (χ0v) is 10.6. The molecule has 84 valence electrons. The Bertz CT molecular complexity index is 142. The third-order valence-electron chi connectivity index (χ3n) is 2.05. The number of alkyl halides is 1. The molecular weight excluding hydrogens is 299 g/mol. The summed E-state index contributed by atoms with van der Waals surface area (Å²) >= 11 is 2.28. The highest BCUT2D eigenvalue weighted by molar-refractivity contribution is 14.1. The Hall–Kier alpha value is 0.570. The molecule has 1 aliphatic rings. The number of halogens is 1. The molecule has 0 spiro atoms. The van der Waals surface area contributed by atoms with Crippen molar-refractivity contribution in [1.29, 1.82) is 0 Å². The third-order valence-corrected chi connectivity index (χ3v) is 3.66. The van der Waals surface area contributed by atoms with Crippen LogP contribution < -0.4 is 0 Å². The first kappa shape index (κ1) is 12.6. The molecule has 1 aliphatic heterocycles. The van der Waals surface area contributed by atoms with Gasteiger partial charge < -0.3 is 0 Å². The molecule has 0 aliphatic carbocycles. The predicted octanol–water partition coefficient (Wildman–Crippen LogP) is 2.26. The SMILES string of the molecule is CC1(CI)CCOOCCCCOO1. The van der Waals surface area contributed by atoms with Crippen LogP contribution >= 0.6 is 22.6 Å². The summed E-state index contributed by atoms with van der Waals surface area (Å²) in [4.78, 5) is 20.5. The molecule has 0 aromatic carbocycles. The molecule has 0 bridgehead atoms. The lowest BCUT2D eigenvalue weighted by molar-refractivity contribution is -0.357. The van der Waals surface area contributed by atoms with Gasteiger partial charge in [-0.15, -0.1) is 0 Å². The van der Waals surface area contributed by atoms with Crippen molar-refractivity contribution >= 4 is 22.6 Å². The van der Waals surface area contributed by atoms with Crippen LogP contribution in [0.2, 0.25) is 0 Å². The van der Waals surface area contributed by atoms with Gasteiger partial charge in [0.15, 0.2) is 0 Å². The van der Waals surface area contributed by atoms with E-state index in [-0.39, 0.29) is 5.60 Å². The van der Waals surface area contributed by atoms with E-state index in [1.807, 2.05) is 6.92 Å². The summed E-state index contributed by atoms with van der Waals surface area (Å²) in [6.07, 6.45) is 2.64. The van der Waals surface area contributed by atoms with Crippen LogP contribution in [-0.4, -0.2) is 29.8 Å². The second-order valence-corrected chi connectivity index (χ2v) is 4.35. The lowest BCUT2D eigenvalue weighted by Crippen LogP contribution is -2.32. The summed E-state index contributed by atoms with van der Waals surface area (Å²) < 4.78 is 0.869. The maximum Gasteiger partial charge on any atom is 0.112 e. The summed E-state index contributed by atoms with van der Waals surface area (Å²) in [6.45, 7) is 3.81. The maximum absolute atomic E-state index is 5.37. The van der Waals surface area contributed by atoms with Gasteiger partial charge in [0.05, 0.1) is 19.8 Å². The summed E-state index contributed by atoms with van der Waals surface area (Å²) in [7, 11) is 0. The number of hydrogen-bond acceptors (Lipinski definition) is 4. The maximum atomic E-state index is 5.37. The Balaban J connectivity index is 2.35. The largest absolute Gasteiger partial charge is 0.237 e. The van der Waals surface area contributed by atoms with Gasteiger partial charge in [-0.25, -0.2) is 19.6 Å². The van der Waals surface area contributed by atoms with Gasteiger partial charge in [-0.05, 0) is 19.8 Å². The van der Waals surface area contributed by atoms with Crippen LogP contribution in [0.15, 0.2) is 0 Å². The standard InChI is InChI=1S/C9H17IO4/c1-9(8-10)4-7-12-11-5-2-3-6-13-14-9/h2-8H2,1H3. The molecule has 0 saturated carbocycles. The van der Waals surface area contributed by atoms with E-state index in [0.717, 1.165) is 23.7 Å². The molecule has 1 saturated heterocycles. The van der Waals surface area contributed by atoms with E-state index in [1.165, 1.54) is 0 Å². The Morgan fingerprint density at radius 1 is 1.07 bits per heavy atom.